The van der Waals surface area contributed by atoms with Crippen LogP contribution in [0.2, 0.25) is 0 Å². The minimum Gasteiger partial charge on any atom is -0.457 e. The van der Waals surface area contributed by atoms with Crippen molar-refractivity contribution in [3.05, 3.63) is 219 Å². The van der Waals surface area contributed by atoms with Crippen LogP contribution in [-0.2, 0) is 7.05 Å². The average molecular weight is 814 g/mol. The van der Waals surface area contributed by atoms with Crippen molar-refractivity contribution in [2.24, 2.45) is 7.05 Å². The first-order valence-electron chi connectivity index (χ1n) is 21.0. The summed E-state index contributed by atoms with van der Waals surface area (Å²) in [5.74, 6) is 3.20. The molecule has 1 aliphatic rings. The third-order valence-electron chi connectivity index (χ3n) is 12.5. The van der Waals surface area contributed by atoms with Crippen LogP contribution in [-0.4, -0.2) is 27.2 Å². The fourth-order valence-corrected chi connectivity index (χ4v) is 15.2. The summed E-state index contributed by atoms with van der Waals surface area (Å²) in [6.07, 6.45) is 1.88. The number of imidazole rings is 1. The predicted octanol–water partition coefficient (Wildman–Crippen LogP) is 10.7. The van der Waals surface area contributed by atoms with E-state index in [2.05, 4.69) is 209 Å². The van der Waals surface area contributed by atoms with Crippen molar-refractivity contribution in [1.29, 1.82) is 0 Å². The first-order chi connectivity index (χ1) is 30.7. The van der Waals surface area contributed by atoms with Gasteiger partial charge in [-0.3, -0.25) is 4.90 Å². The molecule has 62 heavy (non-hydrogen) atoms. The maximum Gasteiger partial charge on any atom is 0.184 e. The highest BCUT2D eigenvalue weighted by molar-refractivity contribution is 7.22. The molecular weight excluding hydrogens is 775 g/mol. The molecule has 12 rings (SSSR count). The molecule has 0 bridgehead atoms. The van der Waals surface area contributed by atoms with Crippen molar-refractivity contribution < 1.29 is 4.74 Å². The van der Waals surface area contributed by atoms with Gasteiger partial charge in [0.1, 0.15) is 23.1 Å². The zero-order chi connectivity index (χ0) is 41.2. The fourth-order valence-electron chi connectivity index (χ4n) is 9.93. The van der Waals surface area contributed by atoms with Gasteiger partial charge in [0, 0.05) is 47.0 Å². The molecule has 1 aliphatic heterocycles. The number of pyridine rings is 1. The summed E-state index contributed by atoms with van der Waals surface area (Å²) in [5, 5.41) is 7.69. The second kappa shape index (κ2) is 14.3. The lowest BCUT2D eigenvalue weighted by Crippen LogP contribution is -2.77. The number of rotatable bonds is 7. The largest absolute Gasteiger partial charge is 0.457 e. The molecular formula is C55H39N5OSi. The summed E-state index contributed by atoms with van der Waals surface area (Å²) in [7, 11) is -1.10. The first kappa shape index (κ1) is 35.9. The number of fused-ring (bicyclic) bond motifs is 7. The van der Waals surface area contributed by atoms with Crippen LogP contribution < -0.4 is 30.4 Å². The zero-order valence-corrected chi connectivity index (χ0v) is 34.9. The Morgan fingerprint density at radius 3 is 1.94 bits per heavy atom. The monoisotopic (exact) mass is 813 g/mol. The Balaban J connectivity index is 1.14. The minimum atomic E-state index is -3.16. The topological polar surface area (TPSA) is 48.1 Å². The molecule has 0 atom stereocenters. The molecule has 6 nitrogen and oxygen atoms in total. The molecule has 294 valence electrons. The summed E-state index contributed by atoms with van der Waals surface area (Å²) in [6, 6.07) is 76.0. The molecule has 7 heteroatoms. The molecule has 0 saturated carbocycles. The summed E-state index contributed by atoms with van der Waals surface area (Å²) in [4.78, 5) is 12.4. The van der Waals surface area contributed by atoms with Gasteiger partial charge in [-0.05, 0) is 93.5 Å². The number of ether oxygens (including phenoxy) is 1. The summed E-state index contributed by atoms with van der Waals surface area (Å²) >= 11 is 0. The third-order valence-corrected chi connectivity index (χ3v) is 17.4. The minimum absolute atomic E-state index is 0.736. The van der Waals surface area contributed by atoms with Crippen LogP contribution in [0.3, 0.4) is 0 Å². The quantitative estimate of drug-likeness (QED) is 0.150. The number of hydrogen-bond acceptors (Lipinski definition) is 4. The summed E-state index contributed by atoms with van der Waals surface area (Å²) in [6.45, 7) is 0. The van der Waals surface area contributed by atoms with Crippen LogP contribution in [0.15, 0.2) is 219 Å². The van der Waals surface area contributed by atoms with E-state index in [1.54, 1.807) is 0 Å². The number of aryl methyl sites for hydroxylation is 1. The Kier molecular flexibility index (Phi) is 8.30. The number of nitrogens with zero attached hydrogens (tertiary/aromatic N) is 5. The molecule has 0 aliphatic carbocycles. The van der Waals surface area contributed by atoms with Crippen LogP contribution in [0, 0.1) is 0 Å². The van der Waals surface area contributed by atoms with Crippen molar-refractivity contribution >= 4 is 78.9 Å². The number of hydrogen-bond donors (Lipinski definition) is 0. The Labute approximate surface area is 360 Å². The first-order valence-corrected chi connectivity index (χ1v) is 23.0. The number of anilines is 3. The van der Waals surface area contributed by atoms with E-state index in [1.165, 1.54) is 42.6 Å². The van der Waals surface area contributed by atoms with Gasteiger partial charge >= 0.3 is 0 Å². The third kappa shape index (κ3) is 5.42. The van der Waals surface area contributed by atoms with Gasteiger partial charge < -0.3 is 13.9 Å². The van der Waals surface area contributed by atoms with Crippen LogP contribution in [0.1, 0.15) is 0 Å². The lowest BCUT2D eigenvalue weighted by atomic mass is 10.1. The van der Waals surface area contributed by atoms with Crippen LogP contribution >= 0.6 is 0 Å². The number of benzene rings is 8. The van der Waals surface area contributed by atoms with Crippen molar-refractivity contribution in [3.8, 4) is 28.6 Å². The van der Waals surface area contributed by atoms with Gasteiger partial charge in [-0.15, -0.1) is 0 Å². The van der Waals surface area contributed by atoms with Gasteiger partial charge in [0.05, 0.1) is 27.8 Å². The highest BCUT2D eigenvalue weighted by Crippen LogP contribution is 2.44. The molecule has 0 saturated heterocycles. The molecule has 0 amide bonds. The maximum absolute atomic E-state index is 6.88. The lowest BCUT2D eigenvalue weighted by Gasteiger charge is -2.45. The smallest absolute Gasteiger partial charge is 0.184 e. The van der Waals surface area contributed by atoms with E-state index >= 15 is 0 Å². The summed E-state index contributed by atoms with van der Waals surface area (Å²) < 4.78 is 11.5. The Hall–Kier alpha value is -8.00. The number of para-hydroxylation sites is 4. The van der Waals surface area contributed by atoms with Crippen molar-refractivity contribution in [1.82, 2.24) is 19.1 Å². The van der Waals surface area contributed by atoms with Crippen molar-refractivity contribution in [3.63, 3.8) is 0 Å². The molecule has 8 aromatic carbocycles. The van der Waals surface area contributed by atoms with Crippen molar-refractivity contribution in [2.75, 3.05) is 4.90 Å². The molecule has 0 radical (unpaired) electrons. The second-order valence-electron chi connectivity index (χ2n) is 15.8. The van der Waals surface area contributed by atoms with E-state index in [0.29, 0.717) is 0 Å². The highest BCUT2D eigenvalue weighted by atomic mass is 28.3. The predicted molar refractivity (Wildman–Crippen MR) is 257 cm³/mol. The molecule has 11 aromatic rings. The second-order valence-corrected chi connectivity index (χ2v) is 19.5. The summed E-state index contributed by atoms with van der Waals surface area (Å²) in [5.41, 5.74) is 8.67. The maximum atomic E-state index is 6.88. The van der Waals surface area contributed by atoms with E-state index in [-0.39, 0.29) is 0 Å². The molecule has 0 N–H and O–H groups in total. The van der Waals surface area contributed by atoms with Gasteiger partial charge in [0.25, 0.3) is 0 Å². The van der Waals surface area contributed by atoms with Gasteiger partial charge in [-0.25, -0.2) is 9.97 Å². The fraction of sp³-hybridized carbons (Fsp3) is 0.0182. The van der Waals surface area contributed by atoms with Crippen LogP contribution in [0.5, 0.6) is 11.5 Å². The SMILES string of the molecule is Cn1c(-c2cccc(Oc3ccc4c(c3)N(c3ccccn3)c3ccc5c(c3[Si]4(c3ccccc3)c3ccccc3)c3ccccc3n5-c3ccccc3)c2)nc2ccccc21. The molecule has 0 spiro atoms. The standard InChI is InChI=1S/C55H39N5OSi/c1-58-47-29-14-12-27-45(47)57-55(58)38-18-17-21-40(36-38)61-41-31-34-51-50(37-41)60(52-30-15-16-35-56-52)49-33-32-48-53(44-26-11-13-28-46(44)59(48)39-19-5-2-6-20-39)54(49)62(51,42-22-7-3-8-23-42)43-24-9-4-10-25-43/h2-37H,1H3. The van der Waals surface area contributed by atoms with E-state index in [1.807, 2.05) is 30.5 Å². The number of aromatic nitrogens is 4. The molecule has 4 heterocycles. The lowest BCUT2D eigenvalue weighted by molar-refractivity contribution is 0.483. The Morgan fingerprint density at radius 1 is 0.516 bits per heavy atom. The Morgan fingerprint density at radius 2 is 1.19 bits per heavy atom. The molecule has 3 aromatic heterocycles. The van der Waals surface area contributed by atoms with Crippen molar-refractivity contribution in [2.45, 2.75) is 0 Å². The molecule has 0 unspecified atom stereocenters. The van der Waals surface area contributed by atoms with E-state index < -0.39 is 8.07 Å². The van der Waals surface area contributed by atoms with E-state index in [4.69, 9.17) is 14.7 Å². The van der Waals surface area contributed by atoms with E-state index in [0.717, 1.165) is 56.8 Å². The van der Waals surface area contributed by atoms with Crippen LogP contribution in [0.4, 0.5) is 17.2 Å². The molecule has 0 fully saturated rings. The Bertz CT molecular complexity index is 3420. The average Bonchev–Trinajstić information content (AvgIpc) is 3.86. The van der Waals surface area contributed by atoms with E-state index in [9.17, 15) is 0 Å². The van der Waals surface area contributed by atoms with Gasteiger partial charge in [0.15, 0.2) is 8.07 Å². The van der Waals surface area contributed by atoms with Gasteiger partial charge in [-0.1, -0.05) is 133 Å². The zero-order valence-electron chi connectivity index (χ0n) is 33.9. The normalized spacial score (nSPS) is 13.0. The van der Waals surface area contributed by atoms with Crippen LogP contribution in [0.25, 0.3) is 49.9 Å². The van der Waals surface area contributed by atoms with Gasteiger partial charge in [0.2, 0.25) is 0 Å². The van der Waals surface area contributed by atoms with Gasteiger partial charge in [-0.2, -0.15) is 0 Å². The highest BCUT2D eigenvalue weighted by Gasteiger charge is 2.51.